The Hall–Kier alpha value is -4.32. The third kappa shape index (κ3) is 7.49. The van der Waals surface area contributed by atoms with Gasteiger partial charge in [-0.2, -0.15) is 13.2 Å². The summed E-state index contributed by atoms with van der Waals surface area (Å²) in [5.41, 5.74) is 3.38. The van der Waals surface area contributed by atoms with Crippen molar-refractivity contribution in [3.8, 4) is 17.0 Å². The van der Waals surface area contributed by atoms with Gasteiger partial charge in [-0.25, -0.2) is 9.97 Å². The first-order chi connectivity index (χ1) is 20.0. The molecule has 0 spiro atoms. The van der Waals surface area contributed by atoms with E-state index in [0.29, 0.717) is 58.7 Å². The molecule has 0 fully saturated rings. The molecule has 4 rings (SSSR count). The van der Waals surface area contributed by atoms with Gasteiger partial charge < -0.3 is 29.7 Å². The van der Waals surface area contributed by atoms with Crippen molar-refractivity contribution >= 4 is 39.8 Å². The van der Waals surface area contributed by atoms with Crippen LogP contribution in [-0.4, -0.2) is 72.9 Å². The first-order valence-electron chi connectivity index (χ1n) is 13.6. The molecule has 2 aromatic heterocycles. The van der Waals surface area contributed by atoms with Crippen LogP contribution in [0.5, 0.6) is 5.75 Å². The molecular formula is C30H36F3N7O2. The lowest BCUT2D eigenvalue weighted by Gasteiger charge is -2.26. The molecule has 1 amide bonds. The Balaban J connectivity index is 1.71. The number of likely N-dealkylation sites (N-methyl/N-ethyl adjacent to an activating group) is 2. The summed E-state index contributed by atoms with van der Waals surface area (Å²) in [6, 6.07) is 12.2. The number of carbonyl (C=O) groups excluding carboxylic acids is 1. The zero-order valence-corrected chi connectivity index (χ0v) is 24.4. The van der Waals surface area contributed by atoms with Crippen molar-refractivity contribution in [3.63, 3.8) is 0 Å². The average molecular weight is 584 g/mol. The third-order valence-electron chi connectivity index (χ3n) is 6.68. The summed E-state index contributed by atoms with van der Waals surface area (Å²) in [6.45, 7) is 2.35. The summed E-state index contributed by atoms with van der Waals surface area (Å²) in [7, 11) is 7.48. The number of nitrogens with one attached hydrogen (secondary N) is 2. The number of benzene rings is 2. The summed E-state index contributed by atoms with van der Waals surface area (Å²) in [5.74, 6) is 0.619. The summed E-state index contributed by atoms with van der Waals surface area (Å²) < 4.78 is 46.7. The van der Waals surface area contributed by atoms with Crippen LogP contribution in [0.2, 0.25) is 0 Å². The predicted octanol–water partition coefficient (Wildman–Crippen LogP) is 6.15. The number of aromatic nitrogens is 3. The van der Waals surface area contributed by atoms with Gasteiger partial charge in [0.05, 0.1) is 29.9 Å². The fourth-order valence-electron chi connectivity index (χ4n) is 4.63. The lowest BCUT2D eigenvalue weighted by molar-refractivity contribution is -0.139. The Bertz CT molecular complexity index is 1540. The molecule has 0 saturated carbocycles. The van der Waals surface area contributed by atoms with E-state index in [9.17, 15) is 18.0 Å². The van der Waals surface area contributed by atoms with Crippen molar-refractivity contribution in [2.75, 3.05) is 56.9 Å². The van der Waals surface area contributed by atoms with Crippen LogP contribution < -0.4 is 20.3 Å². The number of anilines is 4. The molecule has 0 radical (unpaired) electrons. The smallest absolute Gasteiger partial charge is 0.406 e. The Kier molecular flexibility index (Phi) is 9.56. The number of halogens is 3. The molecule has 2 aromatic carbocycles. The van der Waals surface area contributed by atoms with E-state index in [1.165, 1.54) is 10.8 Å². The van der Waals surface area contributed by atoms with Crippen LogP contribution in [0, 0.1) is 0 Å². The second kappa shape index (κ2) is 13.1. The summed E-state index contributed by atoms with van der Waals surface area (Å²) in [6.07, 6.45) is -0.280. The number of hydrogen-bond donors (Lipinski definition) is 2. The molecule has 12 heteroatoms. The Morgan fingerprint density at radius 2 is 1.83 bits per heavy atom. The summed E-state index contributed by atoms with van der Waals surface area (Å²) in [4.78, 5) is 25.7. The molecule has 224 valence electrons. The number of para-hydroxylation sites is 1. The maximum absolute atomic E-state index is 13.3. The normalized spacial score (nSPS) is 11.6. The van der Waals surface area contributed by atoms with Gasteiger partial charge in [0.2, 0.25) is 11.9 Å². The van der Waals surface area contributed by atoms with E-state index in [4.69, 9.17) is 4.74 Å². The molecule has 42 heavy (non-hydrogen) atoms. The van der Waals surface area contributed by atoms with Crippen molar-refractivity contribution in [3.05, 3.63) is 54.9 Å². The molecule has 2 N–H and O–H groups in total. The van der Waals surface area contributed by atoms with Crippen molar-refractivity contribution in [1.29, 1.82) is 0 Å². The molecule has 0 aliphatic heterocycles. The summed E-state index contributed by atoms with van der Waals surface area (Å²) in [5, 5.41) is 6.84. The van der Waals surface area contributed by atoms with Gasteiger partial charge in [0.1, 0.15) is 12.3 Å². The second-order valence-corrected chi connectivity index (χ2v) is 10.3. The minimum absolute atomic E-state index is 0.107. The van der Waals surface area contributed by atoms with E-state index >= 15 is 0 Å². The minimum atomic E-state index is -4.37. The van der Waals surface area contributed by atoms with E-state index < -0.39 is 12.7 Å². The molecule has 2 heterocycles. The maximum Gasteiger partial charge on any atom is 0.406 e. The zero-order valence-electron chi connectivity index (χ0n) is 24.4. The highest BCUT2D eigenvalue weighted by atomic mass is 19.4. The van der Waals surface area contributed by atoms with Crippen molar-refractivity contribution in [2.24, 2.45) is 0 Å². The van der Waals surface area contributed by atoms with Crippen LogP contribution >= 0.6 is 0 Å². The largest absolute Gasteiger partial charge is 0.494 e. The molecule has 0 saturated heterocycles. The van der Waals surface area contributed by atoms with Crippen LogP contribution in [0.15, 0.2) is 54.9 Å². The van der Waals surface area contributed by atoms with Gasteiger partial charge in [0.15, 0.2) is 0 Å². The van der Waals surface area contributed by atoms with E-state index in [-0.39, 0.29) is 11.9 Å². The maximum atomic E-state index is 13.3. The second-order valence-electron chi connectivity index (χ2n) is 10.3. The highest BCUT2D eigenvalue weighted by molar-refractivity contribution is 5.97. The lowest BCUT2D eigenvalue weighted by Crippen LogP contribution is -2.29. The molecule has 0 aliphatic rings. The van der Waals surface area contributed by atoms with E-state index in [0.717, 1.165) is 12.2 Å². The van der Waals surface area contributed by atoms with Crippen LogP contribution in [0.25, 0.3) is 22.2 Å². The highest BCUT2D eigenvalue weighted by Gasteiger charge is 2.29. The molecule has 4 aromatic rings. The van der Waals surface area contributed by atoms with E-state index in [1.807, 2.05) is 39.0 Å². The monoisotopic (exact) mass is 583 g/mol. The van der Waals surface area contributed by atoms with Gasteiger partial charge in [0, 0.05) is 61.5 Å². The number of carbonyl (C=O) groups is 1. The van der Waals surface area contributed by atoms with Crippen LogP contribution in [0.4, 0.5) is 36.2 Å². The average Bonchev–Trinajstić information content (AvgIpc) is 3.29. The fraction of sp³-hybridized carbons (Fsp3) is 0.367. The van der Waals surface area contributed by atoms with Gasteiger partial charge in [-0.15, -0.1) is 0 Å². The number of fused-ring (bicyclic) bond motifs is 1. The summed E-state index contributed by atoms with van der Waals surface area (Å²) >= 11 is 0. The van der Waals surface area contributed by atoms with E-state index in [2.05, 4.69) is 25.5 Å². The zero-order chi connectivity index (χ0) is 30.4. The number of hydrogen-bond acceptors (Lipinski definition) is 7. The molecule has 9 nitrogen and oxygen atoms in total. The quantitative estimate of drug-likeness (QED) is 0.207. The number of rotatable bonds is 12. The molecule has 0 bridgehead atoms. The molecule has 0 unspecified atom stereocenters. The van der Waals surface area contributed by atoms with Crippen LogP contribution in [0.3, 0.4) is 0 Å². The van der Waals surface area contributed by atoms with Gasteiger partial charge >= 0.3 is 6.18 Å². The Morgan fingerprint density at radius 1 is 1.07 bits per heavy atom. The number of methoxy groups -OCH3 is 1. The number of nitrogens with zero attached hydrogens (tertiary/aromatic N) is 5. The van der Waals surface area contributed by atoms with Crippen molar-refractivity contribution in [2.45, 2.75) is 32.5 Å². The number of alkyl halides is 3. The van der Waals surface area contributed by atoms with Crippen molar-refractivity contribution in [1.82, 2.24) is 19.4 Å². The first kappa shape index (κ1) is 30.6. The number of amides is 1. The minimum Gasteiger partial charge on any atom is -0.494 e. The first-order valence-corrected chi connectivity index (χ1v) is 13.6. The Labute approximate surface area is 243 Å². The van der Waals surface area contributed by atoms with Gasteiger partial charge in [-0.3, -0.25) is 4.79 Å². The number of ether oxygens (including phenoxy) is 1. The van der Waals surface area contributed by atoms with E-state index in [1.54, 1.807) is 49.7 Å². The molecular weight excluding hydrogens is 547 g/mol. The topological polar surface area (TPSA) is 87.5 Å². The highest BCUT2D eigenvalue weighted by Crippen LogP contribution is 2.38. The fourth-order valence-corrected chi connectivity index (χ4v) is 4.63. The predicted molar refractivity (Wildman–Crippen MR) is 161 cm³/mol. The van der Waals surface area contributed by atoms with Crippen molar-refractivity contribution < 1.29 is 22.7 Å². The Morgan fingerprint density at radius 3 is 2.52 bits per heavy atom. The van der Waals surface area contributed by atoms with Crippen LogP contribution in [0.1, 0.15) is 19.8 Å². The van der Waals surface area contributed by atoms with Gasteiger partial charge in [-0.05, 0) is 38.7 Å². The third-order valence-corrected chi connectivity index (χ3v) is 6.68. The van der Waals surface area contributed by atoms with Crippen LogP contribution in [-0.2, 0) is 11.3 Å². The van der Waals surface area contributed by atoms with Gasteiger partial charge in [-0.1, -0.05) is 25.1 Å². The molecule has 0 atom stereocenters. The lowest BCUT2D eigenvalue weighted by atomic mass is 10.1. The van der Waals surface area contributed by atoms with Gasteiger partial charge in [0.25, 0.3) is 0 Å². The SMILES string of the molecule is CCCC(=O)Nc1cc(Nc2nccc(-c3cn(CC(F)(F)F)c4ccccc34)n2)c(OC)cc1N(C)CCN(C)C. The molecule has 0 aliphatic carbocycles. The standard InChI is InChI=1S/C30H36F3N7O2/c1-6-9-28(41)35-23-16-24(27(42-5)17-26(23)39(4)15-14-38(2)3)37-29-34-13-12-22(36-29)21-18-40(19-30(31,32)33)25-11-8-7-10-20(21)25/h7-8,10-13,16-18H,6,9,14-15,19H2,1-5H3,(H,35,41)(H,34,36,37).